The Morgan fingerprint density at radius 2 is 1.10 bits per heavy atom. The molecule has 0 radical (unpaired) electrons. The van der Waals surface area contributed by atoms with Crippen molar-refractivity contribution < 1.29 is 4.74 Å². The van der Waals surface area contributed by atoms with E-state index in [1.807, 2.05) is 36.4 Å². The van der Waals surface area contributed by atoms with Crippen LogP contribution >= 0.6 is 0 Å². The van der Waals surface area contributed by atoms with Crippen molar-refractivity contribution in [1.82, 2.24) is 5.32 Å². The van der Waals surface area contributed by atoms with Crippen molar-refractivity contribution in [3.8, 4) is 50.9 Å². The second-order valence-electron chi connectivity index (χ2n) is 15.0. The predicted octanol–water partition coefficient (Wildman–Crippen LogP) is 12.5. The molecule has 8 aromatic rings. The summed E-state index contributed by atoms with van der Waals surface area (Å²) in [4.78, 5) is 5.27. The average Bonchev–Trinajstić information content (AvgIpc) is 3.59. The Bertz CT molecular complexity index is 2970. The van der Waals surface area contributed by atoms with Crippen molar-refractivity contribution in [3.05, 3.63) is 245 Å². The quantitative estimate of drug-likeness (QED) is 0.191. The Balaban J connectivity index is 1.11. The molecule has 2 heterocycles. The van der Waals surface area contributed by atoms with Crippen LogP contribution in [0.4, 0.5) is 0 Å². The first-order valence-electron chi connectivity index (χ1n) is 19.6. The molecule has 11 rings (SSSR count). The minimum atomic E-state index is -0.603. The fraction of sp³-hybridized carbons (Fsp3) is 0.0370. The van der Waals surface area contributed by atoms with Crippen molar-refractivity contribution in [1.29, 1.82) is 5.26 Å². The fourth-order valence-corrected chi connectivity index (χ4v) is 9.23. The summed E-state index contributed by atoms with van der Waals surface area (Å²) < 4.78 is 6.62. The first kappa shape index (κ1) is 33.6. The Labute approximate surface area is 337 Å². The smallest absolute Gasteiger partial charge is 0.145 e. The Kier molecular flexibility index (Phi) is 7.80. The highest BCUT2D eigenvalue weighted by molar-refractivity contribution is 6.13. The summed E-state index contributed by atoms with van der Waals surface area (Å²) in [7, 11) is 0. The number of aliphatic imine (C=N–C) groups is 1. The molecule has 0 saturated heterocycles. The van der Waals surface area contributed by atoms with Gasteiger partial charge in [0.1, 0.15) is 17.7 Å². The van der Waals surface area contributed by atoms with Gasteiger partial charge in [0.15, 0.2) is 0 Å². The molecule has 0 fully saturated rings. The van der Waals surface area contributed by atoms with Crippen LogP contribution in [-0.4, -0.2) is 5.71 Å². The van der Waals surface area contributed by atoms with E-state index in [9.17, 15) is 5.26 Å². The summed E-state index contributed by atoms with van der Waals surface area (Å²) in [6.07, 6.45) is 1.94. The lowest BCUT2D eigenvalue weighted by atomic mass is 9.66. The molecule has 2 aliphatic heterocycles. The minimum Gasteiger partial charge on any atom is -0.457 e. The van der Waals surface area contributed by atoms with Crippen LogP contribution in [0.3, 0.4) is 0 Å². The maximum Gasteiger partial charge on any atom is 0.145 e. The molecule has 0 saturated carbocycles. The summed E-state index contributed by atoms with van der Waals surface area (Å²) in [6, 6.07) is 70.4. The second-order valence-corrected chi connectivity index (χ2v) is 15.0. The highest BCUT2D eigenvalue weighted by Gasteiger charge is 2.51. The van der Waals surface area contributed by atoms with Crippen LogP contribution < -0.4 is 10.1 Å². The van der Waals surface area contributed by atoms with Crippen molar-refractivity contribution in [2.24, 2.45) is 4.99 Å². The number of nitrogens with one attached hydrogen (secondary N) is 1. The molecule has 1 unspecified atom stereocenters. The molecule has 1 atom stereocenters. The number of para-hydroxylation sites is 2. The van der Waals surface area contributed by atoms with Gasteiger partial charge < -0.3 is 10.1 Å². The molecule has 8 aromatic carbocycles. The molecule has 1 spiro atoms. The van der Waals surface area contributed by atoms with E-state index in [0.717, 1.165) is 73.0 Å². The molecule has 0 amide bonds. The van der Waals surface area contributed by atoms with Crippen molar-refractivity contribution in [2.75, 3.05) is 0 Å². The summed E-state index contributed by atoms with van der Waals surface area (Å²) in [5.74, 6) is 1.72. The zero-order valence-corrected chi connectivity index (χ0v) is 31.4. The van der Waals surface area contributed by atoms with Crippen LogP contribution in [0.1, 0.15) is 50.7 Å². The highest BCUT2D eigenvalue weighted by Crippen LogP contribution is 2.63. The van der Waals surface area contributed by atoms with Crippen LogP contribution in [-0.2, 0) is 5.41 Å². The molecule has 1 aliphatic carbocycles. The number of rotatable bonds is 5. The zero-order valence-electron chi connectivity index (χ0n) is 31.4. The molecule has 272 valence electrons. The maximum absolute atomic E-state index is 9.63. The van der Waals surface area contributed by atoms with Gasteiger partial charge in [-0.05, 0) is 98.1 Å². The second kappa shape index (κ2) is 13.5. The number of allylic oxidation sites excluding steroid dienone is 1. The van der Waals surface area contributed by atoms with E-state index in [1.165, 1.54) is 22.3 Å². The topological polar surface area (TPSA) is 57.4 Å². The van der Waals surface area contributed by atoms with Crippen molar-refractivity contribution >= 4 is 11.4 Å². The van der Waals surface area contributed by atoms with Crippen molar-refractivity contribution in [3.63, 3.8) is 0 Å². The van der Waals surface area contributed by atoms with Crippen LogP contribution in [0.2, 0.25) is 0 Å². The van der Waals surface area contributed by atoms with E-state index in [1.54, 1.807) is 0 Å². The summed E-state index contributed by atoms with van der Waals surface area (Å²) >= 11 is 0. The molecule has 3 aliphatic rings. The number of hydrogen-bond acceptors (Lipinski definition) is 4. The number of benzene rings is 8. The molecule has 0 aromatic heterocycles. The maximum atomic E-state index is 9.63. The van der Waals surface area contributed by atoms with Gasteiger partial charge in [0.2, 0.25) is 0 Å². The molecule has 4 heteroatoms. The summed E-state index contributed by atoms with van der Waals surface area (Å²) in [5.41, 5.74) is 16.8. The van der Waals surface area contributed by atoms with E-state index in [4.69, 9.17) is 9.73 Å². The van der Waals surface area contributed by atoms with E-state index in [0.29, 0.717) is 5.56 Å². The molecule has 0 bridgehead atoms. The highest BCUT2D eigenvalue weighted by atomic mass is 16.5. The summed E-state index contributed by atoms with van der Waals surface area (Å²) in [5, 5.41) is 13.3. The van der Waals surface area contributed by atoms with Crippen molar-refractivity contribution in [2.45, 2.75) is 11.6 Å². The standard InChI is InChI=1S/C54H35N3O/c55-34-35-25-27-36(28-26-35)42-19-12-22-47-52(42)43-32-40(29-30-44(43)54(47)45-20-7-9-23-50(45)58-51-24-10-8-21-46(51)54)39-17-11-18-41(31-39)49-33-48(37-13-3-1-4-14-37)56-53(57-49)38-15-5-2-6-16-38/h1-33,53,56H. The van der Waals surface area contributed by atoms with Gasteiger partial charge in [0, 0.05) is 22.4 Å². The van der Waals surface area contributed by atoms with Gasteiger partial charge in [-0.2, -0.15) is 5.26 Å². The van der Waals surface area contributed by atoms with Gasteiger partial charge >= 0.3 is 0 Å². The third-order valence-electron chi connectivity index (χ3n) is 11.8. The lowest BCUT2D eigenvalue weighted by molar-refractivity contribution is 0.436. The lowest BCUT2D eigenvalue weighted by Gasteiger charge is -2.39. The summed E-state index contributed by atoms with van der Waals surface area (Å²) in [6.45, 7) is 0. The zero-order chi connectivity index (χ0) is 38.6. The predicted molar refractivity (Wildman–Crippen MR) is 233 cm³/mol. The number of ether oxygens (including phenoxy) is 1. The minimum absolute atomic E-state index is 0.223. The number of hydrogen-bond donors (Lipinski definition) is 1. The lowest BCUT2D eigenvalue weighted by Crippen LogP contribution is -2.32. The van der Waals surface area contributed by atoms with E-state index >= 15 is 0 Å². The normalized spacial score (nSPS) is 15.3. The van der Waals surface area contributed by atoms with Gasteiger partial charge in [0.05, 0.1) is 22.8 Å². The van der Waals surface area contributed by atoms with Gasteiger partial charge in [-0.15, -0.1) is 0 Å². The van der Waals surface area contributed by atoms with Gasteiger partial charge in [-0.25, -0.2) is 0 Å². The molecule has 58 heavy (non-hydrogen) atoms. The van der Waals surface area contributed by atoms with E-state index < -0.39 is 5.41 Å². The fourth-order valence-electron chi connectivity index (χ4n) is 9.23. The third kappa shape index (κ3) is 5.25. The number of fused-ring (bicyclic) bond motifs is 9. The van der Waals surface area contributed by atoms with E-state index in [2.05, 4.69) is 175 Å². The van der Waals surface area contributed by atoms with Gasteiger partial charge in [-0.3, -0.25) is 4.99 Å². The number of nitriles is 1. The van der Waals surface area contributed by atoms with Gasteiger partial charge in [-0.1, -0.05) is 158 Å². The first-order chi connectivity index (χ1) is 28.7. The molecular formula is C54H35N3O. The third-order valence-corrected chi connectivity index (χ3v) is 11.8. The van der Waals surface area contributed by atoms with E-state index in [-0.39, 0.29) is 6.17 Å². The Morgan fingerprint density at radius 3 is 1.84 bits per heavy atom. The largest absolute Gasteiger partial charge is 0.457 e. The van der Waals surface area contributed by atoms with Gasteiger partial charge in [0.25, 0.3) is 0 Å². The van der Waals surface area contributed by atoms with Crippen LogP contribution in [0.25, 0.3) is 39.1 Å². The first-order valence-corrected chi connectivity index (χ1v) is 19.6. The van der Waals surface area contributed by atoms with Crippen LogP contribution in [0.5, 0.6) is 11.5 Å². The monoisotopic (exact) mass is 741 g/mol. The molecular weight excluding hydrogens is 707 g/mol. The Morgan fingerprint density at radius 1 is 0.500 bits per heavy atom. The van der Waals surface area contributed by atoms with Crippen LogP contribution in [0.15, 0.2) is 205 Å². The molecule has 1 N–H and O–H groups in total. The SMILES string of the molecule is N#Cc1ccc(-c2cccc3c2-c2cc(-c4cccc(C5=NC(c6ccccc6)NC(c6ccccc6)=C5)c4)ccc2C32c3ccccc3Oc3ccccc32)cc1. The van der Waals surface area contributed by atoms with Crippen LogP contribution in [0, 0.1) is 11.3 Å². The number of nitrogens with zero attached hydrogens (tertiary/aromatic N) is 2. The molecule has 4 nitrogen and oxygen atoms in total. The Hall–Kier alpha value is -7.74. The average molecular weight is 742 g/mol.